The summed E-state index contributed by atoms with van der Waals surface area (Å²) < 4.78 is 14.6. The van der Waals surface area contributed by atoms with E-state index < -0.39 is 0 Å². The van der Waals surface area contributed by atoms with E-state index in [9.17, 15) is 14.0 Å². The maximum absolute atomic E-state index is 13.2. The molecule has 0 atom stereocenters. The number of ketones is 1. The number of Topliss-reactive ketones (excluding diaryl/α,β-unsaturated/α-hetero) is 1. The quantitative estimate of drug-likeness (QED) is 0.424. The number of rotatable bonds is 5. The van der Waals surface area contributed by atoms with Gasteiger partial charge in [-0.25, -0.2) is 9.37 Å². The minimum absolute atomic E-state index is 0.0818. The van der Waals surface area contributed by atoms with Gasteiger partial charge in [0.1, 0.15) is 10.6 Å². The third kappa shape index (κ3) is 3.76. The van der Waals surface area contributed by atoms with Gasteiger partial charge in [0, 0.05) is 16.5 Å². The molecule has 0 saturated heterocycles. The van der Waals surface area contributed by atoms with Crippen LogP contribution in [0.15, 0.2) is 65.0 Å². The Balaban J connectivity index is 1.68. The number of halogens is 1. The lowest BCUT2D eigenvalue weighted by Crippen LogP contribution is -2.24. The van der Waals surface area contributed by atoms with E-state index in [2.05, 4.69) is 18.8 Å². The molecular formula is C23H19FN2O2S. The number of nitrogens with zero attached hydrogens (tertiary/aromatic N) is 2. The van der Waals surface area contributed by atoms with Crippen molar-refractivity contribution in [3.8, 4) is 11.1 Å². The summed E-state index contributed by atoms with van der Waals surface area (Å²) in [6, 6.07) is 13.5. The van der Waals surface area contributed by atoms with Crippen LogP contribution >= 0.6 is 11.3 Å². The molecule has 0 amide bonds. The van der Waals surface area contributed by atoms with Crippen LogP contribution in [0.1, 0.15) is 35.7 Å². The van der Waals surface area contributed by atoms with E-state index in [4.69, 9.17) is 0 Å². The SMILES string of the molecule is CC(C)c1ccc(C(=O)Cn2cnc3scc(-c4ccc(F)cc4)c3c2=O)cc1. The maximum atomic E-state index is 13.2. The monoisotopic (exact) mass is 406 g/mol. The zero-order valence-electron chi connectivity index (χ0n) is 16.1. The molecule has 4 aromatic rings. The summed E-state index contributed by atoms with van der Waals surface area (Å²) >= 11 is 1.35. The van der Waals surface area contributed by atoms with Crippen LogP contribution in [0.2, 0.25) is 0 Å². The Morgan fingerprint density at radius 1 is 1.10 bits per heavy atom. The molecule has 0 radical (unpaired) electrons. The third-order valence-corrected chi connectivity index (χ3v) is 5.82. The first-order valence-electron chi connectivity index (χ1n) is 9.30. The molecule has 4 rings (SSSR count). The topological polar surface area (TPSA) is 52.0 Å². The van der Waals surface area contributed by atoms with Gasteiger partial charge in [0.15, 0.2) is 5.78 Å². The number of hydrogen-bond acceptors (Lipinski definition) is 4. The molecule has 0 saturated carbocycles. The molecule has 0 N–H and O–H groups in total. The Morgan fingerprint density at radius 3 is 2.45 bits per heavy atom. The van der Waals surface area contributed by atoms with Crippen molar-refractivity contribution in [3.05, 3.63) is 87.5 Å². The molecule has 0 unspecified atom stereocenters. The Bertz CT molecular complexity index is 1240. The second kappa shape index (κ2) is 7.72. The minimum Gasteiger partial charge on any atom is -0.292 e. The van der Waals surface area contributed by atoms with Gasteiger partial charge >= 0.3 is 0 Å². The van der Waals surface area contributed by atoms with Gasteiger partial charge in [0.2, 0.25) is 0 Å². The van der Waals surface area contributed by atoms with Crippen LogP contribution in [0.25, 0.3) is 21.3 Å². The molecule has 4 nitrogen and oxygen atoms in total. The van der Waals surface area contributed by atoms with Crippen LogP contribution in [-0.2, 0) is 6.54 Å². The molecule has 0 spiro atoms. The van der Waals surface area contributed by atoms with Crippen LogP contribution in [0.5, 0.6) is 0 Å². The van der Waals surface area contributed by atoms with Crippen LogP contribution in [0.4, 0.5) is 4.39 Å². The van der Waals surface area contributed by atoms with Crippen molar-refractivity contribution in [1.29, 1.82) is 0 Å². The number of thiophene rings is 1. The van der Waals surface area contributed by atoms with Gasteiger partial charge < -0.3 is 0 Å². The van der Waals surface area contributed by atoms with Crippen molar-refractivity contribution in [2.24, 2.45) is 0 Å². The van der Waals surface area contributed by atoms with E-state index >= 15 is 0 Å². The highest BCUT2D eigenvalue weighted by Crippen LogP contribution is 2.30. The highest BCUT2D eigenvalue weighted by atomic mass is 32.1. The molecule has 2 aromatic carbocycles. The molecule has 2 aromatic heterocycles. The van der Waals surface area contributed by atoms with Gasteiger partial charge in [-0.2, -0.15) is 0 Å². The lowest BCUT2D eigenvalue weighted by Gasteiger charge is -2.08. The highest BCUT2D eigenvalue weighted by molar-refractivity contribution is 7.17. The van der Waals surface area contributed by atoms with Gasteiger partial charge in [0.05, 0.1) is 18.3 Å². The molecule has 146 valence electrons. The minimum atomic E-state index is -0.335. The predicted octanol–water partition coefficient (Wildman–Crippen LogP) is 5.27. The van der Waals surface area contributed by atoms with Gasteiger partial charge in [0.25, 0.3) is 5.56 Å². The molecule has 29 heavy (non-hydrogen) atoms. The summed E-state index contributed by atoms with van der Waals surface area (Å²) in [7, 11) is 0. The maximum Gasteiger partial charge on any atom is 0.263 e. The van der Waals surface area contributed by atoms with Crippen LogP contribution in [0.3, 0.4) is 0 Å². The average Bonchev–Trinajstić information content (AvgIpc) is 3.15. The van der Waals surface area contributed by atoms with Crippen molar-refractivity contribution in [3.63, 3.8) is 0 Å². The molecule has 6 heteroatoms. The Kier molecular flexibility index (Phi) is 5.11. The van der Waals surface area contributed by atoms with E-state index in [0.29, 0.717) is 27.3 Å². The van der Waals surface area contributed by atoms with Gasteiger partial charge in [-0.05, 0) is 29.2 Å². The predicted molar refractivity (Wildman–Crippen MR) is 114 cm³/mol. The number of aromatic nitrogens is 2. The van der Waals surface area contributed by atoms with Crippen molar-refractivity contribution in [1.82, 2.24) is 9.55 Å². The lowest BCUT2D eigenvalue weighted by molar-refractivity contribution is 0.0970. The average molecular weight is 406 g/mol. The van der Waals surface area contributed by atoms with E-state index in [1.54, 1.807) is 24.3 Å². The summed E-state index contributed by atoms with van der Waals surface area (Å²) in [5, 5.41) is 2.29. The van der Waals surface area contributed by atoms with E-state index in [0.717, 1.165) is 11.1 Å². The van der Waals surface area contributed by atoms with Crippen molar-refractivity contribution in [2.75, 3.05) is 0 Å². The fourth-order valence-corrected chi connectivity index (χ4v) is 4.13. The second-order valence-electron chi connectivity index (χ2n) is 7.21. The van der Waals surface area contributed by atoms with Crippen molar-refractivity contribution >= 4 is 27.3 Å². The van der Waals surface area contributed by atoms with E-state index in [-0.39, 0.29) is 23.7 Å². The fourth-order valence-electron chi connectivity index (χ4n) is 3.22. The molecule has 2 heterocycles. The first-order chi connectivity index (χ1) is 13.9. The van der Waals surface area contributed by atoms with Crippen LogP contribution in [-0.4, -0.2) is 15.3 Å². The molecule has 0 fully saturated rings. The zero-order chi connectivity index (χ0) is 20.5. The smallest absolute Gasteiger partial charge is 0.263 e. The van der Waals surface area contributed by atoms with Crippen molar-refractivity contribution in [2.45, 2.75) is 26.3 Å². The molecular weight excluding hydrogens is 387 g/mol. The number of carbonyl (C=O) groups excluding carboxylic acids is 1. The van der Waals surface area contributed by atoms with Gasteiger partial charge in [-0.15, -0.1) is 11.3 Å². The van der Waals surface area contributed by atoms with Crippen molar-refractivity contribution < 1.29 is 9.18 Å². The molecule has 0 aliphatic rings. The number of carbonyl (C=O) groups is 1. The Labute approximate surface area is 171 Å². The standard InChI is InChI=1S/C23H19FN2O2S/c1-14(2)15-3-5-17(6-4-15)20(27)11-26-13-25-22-21(23(26)28)19(12-29-22)16-7-9-18(24)10-8-16/h3-10,12-14H,11H2,1-2H3. The molecule has 0 aliphatic carbocycles. The van der Waals surface area contributed by atoms with E-state index in [1.165, 1.54) is 34.4 Å². The first kappa shape index (κ1) is 19.2. The highest BCUT2D eigenvalue weighted by Gasteiger charge is 2.15. The lowest BCUT2D eigenvalue weighted by atomic mass is 10.0. The van der Waals surface area contributed by atoms with E-state index in [1.807, 2.05) is 17.5 Å². The fraction of sp³-hybridized carbons (Fsp3) is 0.174. The summed E-state index contributed by atoms with van der Waals surface area (Å²) in [6.07, 6.45) is 1.41. The van der Waals surface area contributed by atoms with Crippen LogP contribution < -0.4 is 5.56 Å². The third-order valence-electron chi connectivity index (χ3n) is 4.93. The number of fused-ring (bicyclic) bond motifs is 1. The summed E-state index contributed by atoms with van der Waals surface area (Å²) in [6.45, 7) is 4.11. The van der Waals surface area contributed by atoms with Gasteiger partial charge in [-0.3, -0.25) is 14.2 Å². The molecule has 0 aliphatic heterocycles. The summed E-state index contributed by atoms with van der Waals surface area (Å²) in [5.41, 5.74) is 2.88. The second-order valence-corrected chi connectivity index (χ2v) is 8.07. The largest absolute Gasteiger partial charge is 0.292 e. The number of hydrogen-bond donors (Lipinski definition) is 0. The molecule has 0 bridgehead atoms. The Hall–Kier alpha value is -3.12. The normalized spacial score (nSPS) is 11.3. The number of benzene rings is 2. The first-order valence-corrected chi connectivity index (χ1v) is 10.2. The Morgan fingerprint density at radius 2 is 1.79 bits per heavy atom. The zero-order valence-corrected chi connectivity index (χ0v) is 16.9. The summed E-state index contributed by atoms with van der Waals surface area (Å²) in [4.78, 5) is 30.7. The summed E-state index contributed by atoms with van der Waals surface area (Å²) in [5.74, 6) is -0.100. The van der Waals surface area contributed by atoms with Gasteiger partial charge in [-0.1, -0.05) is 50.2 Å². The van der Waals surface area contributed by atoms with Crippen LogP contribution in [0, 0.1) is 5.82 Å².